The van der Waals surface area contributed by atoms with Crippen LogP contribution in [0, 0.1) is 0 Å². The van der Waals surface area contributed by atoms with E-state index in [1.165, 1.54) is 6.92 Å². The first kappa shape index (κ1) is 16.9. The highest BCUT2D eigenvalue weighted by molar-refractivity contribution is 7.91. The molecule has 0 bridgehead atoms. The zero-order valence-corrected chi connectivity index (χ0v) is 12.1. The molecule has 11 nitrogen and oxygen atoms in total. The predicted molar refractivity (Wildman–Crippen MR) is 68.2 cm³/mol. The van der Waals surface area contributed by atoms with Crippen molar-refractivity contribution in [1.29, 1.82) is 0 Å². The van der Waals surface area contributed by atoms with Crippen molar-refractivity contribution in [2.24, 2.45) is 0 Å². The van der Waals surface area contributed by atoms with E-state index in [1.807, 2.05) is 0 Å². The third kappa shape index (κ3) is 5.05. The summed E-state index contributed by atoms with van der Waals surface area (Å²) in [6, 6.07) is -1.85. The van der Waals surface area contributed by atoms with Gasteiger partial charge in [0, 0.05) is 6.92 Å². The highest BCUT2D eigenvalue weighted by Gasteiger charge is 2.30. The highest BCUT2D eigenvalue weighted by Crippen LogP contribution is 2.20. The number of hydrogen-bond acceptors (Lipinski definition) is 8. The second-order valence-corrected chi connectivity index (χ2v) is 6.53. The Balaban J connectivity index is 2.94. The fourth-order valence-corrected chi connectivity index (χ4v) is 3.26. The van der Waals surface area contributed by atoms with Gasteiger partial charge in [-0.15, -0.1) is 10.2 Å². The summed E-state index contributed by atoms with van der Waals surface area (Å²) in [5, 5.41) is 26.1. The lowest BCUT2D eigenvalue weighted by Crippen LogP contribution is -2.42. The summed E-state index contributed by atoms with van der Waals surface area (Å²) in [5.74, 6) is -3.62. The maximum atomic E-state index is 11.9. The van der Waals surface area contributed by atoms with Crippen LogP contribution in [0.5, 0.6) is 0 Å². The lowest BCUT2D eigenvalue weighted by atomic mass is 10.2. The van der Waals surface area contributed by atoms with E-state index in [0.717, 1.165) is 0 Å². The van der Waals surface area contributed by atoms with Crippen molar-refractivity contribution in [3.05, 3.63) is 0 Å². The molecule has 1 heterocycles. The van der Waals surface area contributed by atoms with Crippen LogP contribution < -0.4 is 10.0 Å². The Morgan fingerprint density at radius 1 is 1.29 bits per heavy atom. The topological polar surface area (TPSA) is 176 Å². The summed E-state index contributed by atoms with van der Waals surface area (Å²) < 4.78 is 24.8. The third-order valence-corrected chi connectivity index (χ3v) is 4.57. The maximum absolute atomic E-state index is 11.9. The Labute approximate surface area is 122 Å². The molecular formula is C8H10N4O7S2. The lowest BCUT2D eigenvalue weighted by Gasteiger charge is -2.10. The Bertz CT molecular complexity index is 668. The molecule has 1 rings (SSSR count). The van der Waals surface area contributed by atoms with Gasteiger partial charge < -0.3 is 15.5 Å². The van der Waals surface area contributed by atoms with E-state index in [9.17, 15) is 22.8 Å². The Hall–Kier alpha value is -2.12. The molecule has 1 aromatic rings. The second kappa shape index (κ2) is 6.55. The number of anilines is 1. The molecule has 21 heavy (non-hydrogen) atoms. The van der Waals surface area contributed by atoms with Gasteiger partial charge in [0.15, 0.2) is 0 Å². The number of carboxylic acids is 2. The van der Waals surface area contributed by atoms with Gasteiger partial charge in [-0.1, -0.05) is 11.3 Å². The van der Waals surface area contributed by atoms with Crippen molar-refractivity contribution in [2.45, 2.75) is 23.7 Å². The lowest BCUT2D eigenvalue weighted by molar-refractivity contribution is -0.145. The van der Waals surface area contributed by atoms with E-state index in [-0.39, 0.29) is 5.13 Å². The van der Waals surface area contributed by atoms with Crippen molar-refractivity contribution in [2.75, 3.05) is 5.32 Å². The van der Waals surface area contributed by atoms with Gasteiger partial charge in [-0.05, 0) is 0 Å². The van der Waals surface area contributed by atoms with Gasteiger partial charge in [0.2, 0.25) is 15.4 Å². The highest BCUT2D eigenvalue weighted by atomic mass is 32.2. The van der Waals surface area contributed by atoms with E-state index < -0.39 is 44.7 Å². The molecule has 0 aliphatic heterocycles. The number of aliphatic carboxylic acids is 2. The summed E-state index contributed by atoms with van der Waals surface area (Å²) in [7, 11) is -4.37. The number of carbonyl (C=O) groups excluding carboxylic acids is 1. The number of hydrogen-bond donors (Lipinski definition) is 4. The molecule has 1 atom stereocenters. The Morgan fingerprint density at radius 3 is 2.38 bits per heavy atom. The third-order valence-electron chi connectivity index (χ3n) is 1.89. The zero-order chi connectivity index (χ0) is 16.2. The number of aromatic nitrogens is 2. The van der Waals surface area contributed by atoms with Gasteiger partial charge in [0.1, 0.15) is 6.04 Å². The second-order valence-electron chi connectivity index (χ2n) is 3.66. The molecule has 0 aliphatic carbocycles. The summed E-state index contributed by atoms with van der Waals surface area (Å²) in [6.45, 7) is 1.18. The predicted octanol–water partition coefficient (Wildman–Crippen LogP) is -1.30. The minimum atomic E-state index is -4.37. The van der Waals surface area contributed by atoms with Crippen molar-refractivity contribution in [1.82, 2.24) is 14.9 Å². The number of carbonyl (C=O) groups is 3. The first-order chi connectivity index (χ1) is 9.61. The van der Waals surface area contributed by atoms with Crippen LogP contribution in [0.4, 0.5) is 5.13 Å². The number of amides is 1. The van der Waals surface area contributed by atoms with Gasteiger partial charge in [-0.2, -0.15) is 4.72 Å². The molecule has 0 radical (unpaired) electrons. The molecule has 0 saturated carbocycles. The summed E-state index contributed by atoms with van der Waals surface area (Å²) in [4.78, 5) is 32.1. The molecule has 0 aromatic carbocycles. The quantitative estimate of drug-likeness (QED) is 0.440. The van der Waals surface area contributed by atoms with Crippen LogP contribution in [0.25, 0.3) is 0 Å². The molecular weight excluding hydrogens is 328 g/mol. The molecule has 0 unspecified atom stereocenters. The van der Waals surface area contributed by atoms with Crippen LogP contribution in [0.1, 0.15) is 13.3 Å². The number of nitrogens with zero attached hydrogens (tertiary/aromatic N) is 2. The van der Waals surface area contributed by atoms with Crippen molar-refractivity contribution >= 4 is 44.3 Å². The largest absolute Gasteiger partial charge is 0.481 e. The zero-order valence-electron chi connectivity index (χ0n) is 10.4. The number of rotatable bonds is 7. The monoisotopic (exact) mass is 338 g/mol. The van der Waals surface area contributed by atoms with Gasteiger partial charge in [0.25, 0.3) is 10.0 Å². The molecule has 0 fully saturated rings. The molecule has 13 heteroatoms. The van der Waals surface area contributed by atoms with E-state index in [0.29, 0.717) is 11.3 Å². The smallest absolute Gasteiger partial charge is 0.322 e. The molecule has 0 saturated heterocycles. The first-order valence-corrected chi connectivity index (χ1v) is 7.50. The average Bonchev–Trinajstić information content (AvgIpc) is 2.75. The first-order valence-electron chi connectivity index (χ1n) is 5.20. The van der Waals surface area contributed by atoms with Gasteiger partial charge >= 0.3 is 11.9 Å². The average molecular weight is 338 g/mol. The SMILES string of the molecule is CC(=O)Nc1nnc(S(=O)(=O)N[C@H](CC(=O)O)C(=O)O)s1. The number of nitrogens with one attached hydrogen (secondary N) is 2. The summed E-state index contributed by atoms with van der Waals surface area (Å²) in [5.41, 5.74) is 0. The summed E-state index contributed by atoms with van der Waals surface area (Å²) in [6.07, 6.45) is -0.939. The van der Waals surface area contributed by atoms with E-state index in [4.69, 9.17) is 10.2 Å². The van der Waals surface area contributed by atoms with Gasteiger partial charge in [-0.25, -0.2) is 8.42 Å². The van der Waals surface area contributed by atoms with Crippen LogP contribution in [-0.4, -0.2) is 52.7 Å². The van der Waals surface area contributed by atoms with Crippen LogP contribution in [-0.2, 0) is 24.4 Å². The van der Waals surface area contributed by atoms with E-state index >= 15 is 0 Å². The maximum Gasteiger partial charge on any atom is 0.322 e. The molecule has 1 amide bonds. The molecule has 1 aromatic heterocycles. The number of sulfonamides is 1. The number of carboxylic acid groups (broad SMARTS) is 2. The molecule has 4 N–H and O–H groups in total. The van der Waals surface area contributed by atoms with Crippen LogP contribution in [0.15, 0.2) is 4.34 Å². The molecule has 0 spiro atoms. The van der Waals surface area contributed by atoms with Crippen molar-refractivity contribution < 1.29 is 33.0 Å². The minimum Gasteiger partial charge on any atom is -0.481 e. The van der Waals surface area contributed by atoms with Crippen LogP contribution in [0.2, 0.25) is 0 Å². The molecule has 116 valence electrons. The fraction of sp³-hybridized carbons (Fsp3) is 0.375. The van der Waals surface area contributed by atoms with Crippen LogP contribution >= 0.6 is 11.3 Å². The molecule has 0 aliphatic rings. The van der Waals surface area contributed by atoms with Gasteiger partial charge in [-0.3, -0.25) is 14.4 Å². The summed E-state index contributed by atoms with van der Waals surface area (Å²) >= 11 is 0.496. The van der Waals surface area contributed by atoms with E-state index in [2.05, 4.69) is 15.5 Å². The fourth-order valence-electron chi connectivity index (χ4n) is 1.11. The Kier molecular flexibility index (Phi) is 5.28. The van der Waals surface area contributed by atoms with Crippen LogP contribution in [0.3, 0.4) is 0 Å². The van der Waals surface area contributed by atoms with Gasteiger partial charge in [0.05, 0.1) is 6.42 Å². The minimum absolute atomic E-state index is 0.0898. The Morgan fingerprint density at radius 2 is 1.90 bits per heavy atom. The standard InChI is InChI=1S/C8H10N4O7S2/c1-3(13)9-7-10-11-8(20-7)21(18,19)12-4(6(16)17)2-5(14)15/h4,12H,2H2,1H3,(H,14,15)(H,16,17)(H,9,10,13)/t4-/m1/s1. The van der Waals surface area contributed by atoms with Crippen molar-refractivity contribution in [3.63, 3.8) is 0 Å². The van der Waals surface area contributed by atoms with Crippen molar-refractivity contribution in [3.8, 4) is 0 Å². The van der Waals surface area contributed by atoms with E-state index in [1.54, 1.807) is 4.72 Å². The normalized spacial score (nSPS) is 12.6.